The maximum absolute atomic E-state index is 11.3. The van der Waals surface area contributed by atoms with Crippen LogP contribution in [-0.2, 0) is 4.79 Å². The average Bonchev–Trinajstić information content (AvgIpc) is 2.33. The molecule has 0 spiro atoms. The first-order chi connectivity index (χ1) is 9.02. The van der Waals surface area contributed by atoms with E-state index in [1.807, 2.05) is 0 Å². The first-order valence-electron chi connectivity index (χ1n) is 8.01. The number of nitrogens with one attached hydrogen (secondary N) is 1. The topological polar surface area (TPSA) is 49.3 Å². The highest BCUT2D eigenvalue weighted by Crippen LogP contribution is 2.29. The number of unbranched alkanes of at least 4 members (excludes halogenated alkanes) is 1. The zero-order valence-corrected chi connectivity index (χ0v) is 12.8. The molecule has 1 fully saturated rings. The Morgan fingerprint density at radius 1 is 1.37 bits per heavy atom. The van der Waals surface area contributed by atoms with Crippen molar-refractivity contribution in [1.29, 1.82) is 0 Å². The van der Waals surface area contributed by atoms with E-state index in [9.17, 15) is 9.90 Å². The van der Waals surface area contributed by atoms with E-state index in [4.69, 9.17) is 0 Å². The Morgan fingerprint density at radius 2 is 2.11 bits per heavy atom. The number of carboxylic acids is 1. The molecule has 2 unspecified atom stereocenters. The summed E-state index contributed by atoms with van der Waals surface area (Å²) in [6, 6.07) is 0.0678. The summed E-state index contributed by atoms with van der Waals surface area (Å²) in [7, 11) is 0. The van der Waals surface area contributed by atoms with Gasteiger partial charge in [0.2, 0.25) is 0 Å². The highest BCUT2D eigenvalue weighted by Gasteiger charge is 2.26. The van der Waals surface area contributed by atoms with Crippen LogP contribution in [0.1, 0.15) is 72.1 Å². The van der Waals surface area contributed by atoms with Gasteiger partial charge in [-0.05, 0) is 37.5 Å². The zero-order valence-electron chi connectivity index (χ0n) is 12.8. The van der Waals surface area contributed by atoms with E-state index in [2.05, 4.69) is 26.1 Å². The van der Waals surface area contributed by atoms with Crippen LogP contribution in [-0.4, -0.2) is 23.2 Å². The standard InChI is InChI=1S/C16H31NO2/c1-4-5-9-15(16(18)19)17-14-8-6-7-13(11-14)10-12(2)3/h12-15,17H,4-11H2,1-3H3,(H,18,19)/t13?,14?,15-/m0/s1. The first-order valence-corrected chi connectivity index (χ1v) is 8.01. The summed E-state index contributed by atoms with van der Waals surface area (Å²) in [6.45, 7) is 6.66. The maximum atomic E-state index is 11.3. The van der Waals surface area contributed by atoms with Gasteiger partial charge < -0.3 is 10.4 Å². The molecule has 0 bridgehead atoms. The van der Waals surface area contributed by atoms with Gasteiger partial charge in [-0.3, -0.25) is 4.79 Å². The third-order valence-electron chi connectivity index (χ3n) is 4.17. The largest absolute Gasteiger partial charge is 0.480 e. The van der Waals surface area contributed by atoms with Crippen molar-refractivity contribution in [2.24, 2.45) is 11.8 Å². The van der Waals surface area contributed by atoms with Crippen LogP contribution < -0.4 is 5.32 Å². The number of carbonyl (C=O) groups is 1. The minimum absolute atomic E-state index is 0.345. The molecule has 0 heterocycles. The Bertz CT molecular complexity index is 265. The molecule has 0 saturated heterocycles. The number of carboxylic acid groups (broad SMARTS) is 1. The SMILES string of the molecule is CCCC[C@H](NC1CCCC(CC(C)C)C1)C(=O)O. The predicted octanol–water partition coefficient (Wildman–Crippen LogP) is 3.82. The molecule has 0 radical (unpaired) electrons. The van der Waals surface area contributed by atoms with Gasteiger partial charge in [0, 0.05) is 6.04 Å². The molecule has 1 aliphatic carbocycles. The maximum Gasteiger partial charge on any atom is 0.320 e. The lowest BCUT2D eigenvalue weighted by Crippen LogP contribution is -2.45. The molecular weight excluding hydrogens is 238 g/mol. The molecule has 3 nitrogen and oxygen atoms in total. The van der Waals surface area contributed by atoms with E-state index >= 15 is 0 Å². The van der Waals surface area contributed by atoms with Gasteiger partial charge in [0.05, 0.1) is 0 Å². The Kier molecular flexibility index (Phi) is 7.44. The molecular formula is C16H31NO2. The van der Waals surface area contributed by atoms with Gasteiger partial charge in [0.25, 0.3) is 0 Å². The van der Waals surface area contributed by atoms with Gasteiger partial charge >= 0.3 is 5.97 Å². The molecule has 2 N–H and O–H groups in total. The molecule has 0 amide bonds. The van der Waals surface area contributed by atoms with Crippen LogP contribution in [0.25, 0.3) is 0 Å². The Balaban J connectivity index is 2.42. The highest BCUT2D eigenvalue weighted by atomic mass is 16.4. The van der Waals surface area contributed by atoms with Crippen LogP contribution >= 0.6 is 0 Å². The van der Waals surface area contributed by atoms with Gasteiger partial charge in [-0.1, -0.05) is 46.5 Å². The van der Waals surface area contributed by atoms with Crippen molar-refractivity contribution >= 4 is 5.97 Å². The summed E-state index contributed by atoms with van der Waals surface area (Å²) in [5.74, 6) is 0.852. The molecule has 1 saturated carbocycles. The second-order valence-corrected chi connectivity index (χ2v) is 6.56. The molecule has 3 atom stereocenters. The minimum Gasteiger partial charge on any atom is -0.480 e. The van der Waals surface area contributed by atoms with Crippen LogP contribution in [0.3, 0.4) is 0 Å². The third-order valence-corrected chi connectivity index (χ3v) is 4.17. The summed E-state index contributed by atoms with van der Waals surface area (Å²) in [4.78, 5) is 11.3. The van der Waals surface area contributed by atoms with Crippen molar-refractivity contribution in [3.63, 3.8) is 0 Å². The van der Waals surface area contributed by atoms with Crippen molar-refractivity contribution in [3.8, 4) is 0 Å². The van der Waals surface area contributed by atoms with Crippen molar-refractivity contribution in [3.05, 3.63) is 0 Å². The molecule has 0 aromatic heterocycles. The van der Waals surface area contributed by atoms with Gasteiger partial charge in [0.15, 0.2) is 0 Å². The van der Waals surface area contributed by atoms with Crippen molar-refractivity contribution < 1.29 is 9.90 Å². The van der Waals surface area contributed by atoms with E-state index in [-0.39, 0.29) is 6.04 Å². The molecule has 0 aromatic carbocycles. The summed E-state index contributed by atoms with van der Waals surface area (Å²) in [6.07, 6.45) is 8.97. The Labute approximate surface area is 118 Å². The van der Waals surface area contributed by atoms with Crippen LogP contribution in [0.15, 0.2) is 0 Å². The molecule has 19 heavy (non-hydrogen) atoms. The van der Waals surface area contributed by atoms with Gasteiger partial charge in [-0.25, -0.2) is 0 Å². The molecule has 3 heteroatoms. The third kappa shape index (κ3) is 6.42. The highest BCUT2D eigenvalue weighted by molar-refractivity contribution is 5.73. The summed E-state index contributed by atoms with van der Waals surface area (Å²) in [5.41, 5.74) is 0. The van der Waals surface area contributed by atoms with Crippen molar-refractivity contribution in [1.82, 2.24) is 5.32 Å². The fraction of sp³-hybridized carbons (Fsp3) is 0.938. The molecule has 112 valence electrons. The van der Waals surface area contributed by atoms with Crippen LogP contribution in [0, 0.1) is 11.8 Å². The Morgan fingerprint density at radius 3 is 2.68 bits per heavy atom. The summed E-state index contributed by atoms with van der Waals surface area (Å²) >= 11 is 0. The lowest BCUT2D eigenvalue weighted by molar-refractivity contribution is -0.140. The van der Waals surface area contributed by atoms with Crippen LogP contribution in [0.2, 0.25) is 0 Å². The lowest BCUT2D eigenvalue weighted by Gasteiger charge is -2.32. The normalized spacial score (nSPS) is 25.5. The Hall–Kier alpha value is -0.570. The fourth-order valence-corrected chi connectivity index (χ4v) is 3.29. The van der Waals surface area contributed by atoms with E-state index < -0.39 is 5.97 Å². The van der Waals surface area contributed by atoms with E-state index in [0.29, 0.717) is 6.04 Å². The number of rotatable bonds is 8. The average molecular weight is 269 g/mol. The minimum atomic E-state index is -0.681. The molecule has 1 rings (SSSR count). The first kappa shape index (κ1) is 16.5. The van der Waals surface area contributed by atoms with E-state index in [0.717, 1.165) is 43.9 Å². The molecule has 0 aromatic rings. The second kappa shape index (κ2) is 8.57. The van der Waals surface area contributed by atoms with Crippen molar-refractivity contribution in [2.75, 3.05) is 0 Å². The predicted molar refractivity (Wildman–Crippen MR) is 79.3 cm³/mol. The van der Waals surface area contributed by atoms with E-state index in [1.165, 1.54) is 19.3 Å². The van der Waals surface area contributed by atoms with Gasteiger partial charge in [0.1, 0.15) is 6.04 Å². The lowest BCUT2D eigenvalue weighted by atomic mass is 9.81. The van der Waals surface area contributed by atoms with Crippen LogP contribution in [0.4, 0.5) is 0 Å². The number of aliphatic carboxylic acids is 1. The molecule has 0 aliphatic heterocycles. The number of hydrogen-bond donors (Lipinski definition) is 2. The summed E-state index contributed by atoms with van der Waals surface area (Å²) in [5, 5.41) is 12.7. The van der Waals surface area contributed by atoms with Gasteiger partial charge in [-0.2, -0.15) is 0 Å². The smallest absolute Gasteiger partial charge is 0.320 e. The number of hydrogen-bond acceptors (Lipinski definition) is 2. The van der Waals surface area contributed by atoms with Gasteiger partial charge in [-0.15, -0.1) is 0 Å². The summed E-state index contributed by atoms with van der Waals surface area (Å²) < 4.78 is 0. The van der Waals surface area contributed by atoms with Crippen LogP contribution in [0.5, 0.6) is 0 Å². The second-order valence-electron chi connectivity index (χ2n) is 6.56. The zero-order chi connectivity index (χ0) is 14.3. The monoisotopic (exact) mass is 269 g/mol. The quantitative estimate of drug-likeness (QED) is 0.704. The van der Waals surface area contributed by atoms with Crippen molar-refractivity contribution in [2.45, 2.75) is 84.2 Å². The van der Waals surface area contributed by atoms with E-state index in [1.54, 1.807) is 0 Å². The molecule has 1 aliphatic rings. The fourth-order valence-electron chi connectivity index (χ4n) is 3.29.